The second kappa shape index (κ2) is 6.65. The van der Waals surface area contributed by atoms with E-state index in [4.69, 9.17) is 4.74 Å². The first kappa shape index (κ1) is 16.8. The second-order valence-corrected chi connectivity index (χ2v) is 8.07. The van der Waals surface area contributed by atoms with Gasteiger partial charge in [-0.3, -0.25) is 9.56 Å². The van der Waals surface area contributed by atoms with Crippen LogP contribution in [0.2, 0.25) is 0 Å². The van der Waals surface area contributed by atoms with E-state index in [1.807, 2.05) is 6.20 Å². The maximum Gasteiger partial charge on any atom is 0.407 e. The summed E-state index contributed by atoms with van der Waals surface area (Å²) < 4.78 is 7.96. The van der Waals surface area contributed by atoms with Crippen molar-refractivity contribution in [1.82, 2.24) is 25.4 Å². The average molecular weight is 370 g/mol. The number of hydrogen-bond donors (Lipinski definition) is 2. The number of nitrogens with zero attached hydrogens (tertiary/aromatic N) is 4. The Bertz CT molecular complexity index is 783. The minimum absolute atomic E-state index is 0.0223. The summed E-state index contributed by atoms with van der Waals surface area (Å²) in [5.74, 6) is 2.49. The lowest BCUT2D eigenvalue weighted by Crippen LogP contribution is -2.40. The van der Waals surface area contributed by atoms with Gasteiger partial charge in [-0.05, 0) is 50.3 Å². The Balaban J connectivity index is 1.33. The molecule has 144 valence electrons. The number of nitrogens with one attached hydrogen (secondary N) is 2. The highest BCUT2D eigenvalue weighted by Crippen LogP contribution is 2.43. The fourth-order valence-corrected chi connectivity index (χ4v) is 4.77. The van der Waals surface area contributed by atoms with Gasteiger partial charge in [0.15, 0.2) is 5.82 Å². The molecule has 5 atom stereocenters. The van der Waals surface area contributed by atoms with Crippen molar-refractivity contribution in [2.75, 3.05) is 0 Å². The standard InChI is InChI=1S/C19H26N6O2/c1-2-11-8-13(27-19(26)22-12-4-3-5-12)9-14(11)18-24-23-16-10-21-17-15(25(16)18)6-7-20-17/h6-7,10-15,17,20H,2-5,8-9H2,1H3,(H,22,26)/t11-,13+,14+,15?,17?/m1/s1. The van der Waals surface area contributed by atoms with E-state index in [1.54, 1.807) is 6.21 Å². The molecule has 2 N–H and O–H groups in total. The summed E-state index contributed by atoms with van der Waals surface area (Å²) in [6.45, 7) is 2.20. The molecule has 0 saturated heterocycles. The van der Waals surface area contributed by atoms with Crippen LogP contribution in [-0.4, -0.2) is 45.4 Å². The van der Waals surface area contributed by atoms with Crippen LogP contribution in [0.5, 0.6) is 0 Å². The summed E-state index contributed by atoms with van der Waals surface area (Å²) in [5, 5.41) is 15.1. The van der Waals surface area contributed by atoms with Gasteiger partial charge in [-0.25, -0.2) is 4.79 Å². The van der Waals surface area contributed by atoms with Gasteiger partial charge in [0.1, 0.15) is 18.1 Å². The molecule has 2 saturated carbocycles. The predicted molar refractivity (Wildman–Crippen MR) is 99.5 cm³/mol. The summed E-state index contributed by atoms with van der Waals surface area (Å²) >= 11 is 0. The number of hydrogen-bond acceptors (Lipinski definition) is 6. The van der Waals surface area contributed by atoms with Crippen LogP contribution in [0.25, 0.3) is 0 Å². The van der Waals surface area contributed by atoms with Gasteiger partial charge < -0.3 is 15.4 Å². The number of amides is 1. The molecule has 2 aliphatic heterocycles. The summed E-state index contributed by atoms with van der Waals surface area (Å²) in [5.41, 5.74) is 0. The van der Waals surface area contributed by atoms with E-state index in [1.165, 1.54) is 6.42 Å². The minimum atomic E-state index is -0.265. The van der Waals surface area contributed by atoms with Crippen LogP contribution in [0.1, 0.15) is 69.1 Å². The van der Waals surface area contributed by atoms with Crippen LogP contribution < -0.4 is 10.6 Å². The lowest BCUT2D eigenvalue weighted by Gasteiger charge is -2.27. The summed E-state index contributed by atoms with van der Waals surface area (Å²) in [6.07, 6.45) is 11.6. The molecule has 1 aromatic rings. The quantitative estimate of drug-likeness (QED) is 0.848. The number of rotatable bonds is 4. The van der Waals surface area contributed by atoms with E-state index in [-0.39, 0.29) is 30.3 Å². The molecule has 0 aromatic carbocycles. The van der Waals surface area contributed by atoms with Crippen LogP contribution in [-0.2, 0) is 4.74 Å². The van der Waals surface area contributed by atoms with Crippen molar-refractivity contribution in [2.24, 2.45) is 10.9 Å². The maximum atomic E-state index is 12.2. The van der Waals surface area contributed by atoms with Crippen molar-refractivity contribution in [1.29, 1.82) is 0 Å². The number of carbonyl (C=O) groups excluding carboxylic acids is 1. The first-order valence-electron chi connectivity index (χ1n) is 10.1. The third-order valence-corrected chi connectivity index (χ3v) is 6.49. The van der Waals surface area contributed by atoms with Gasteiger partial charge in [-0.2, -0.15) is 0 Å². The molecule has 2 unspecified atom stereocenters. The molecule has 4 aliphatic rings. The molecule has 5 rings (SSSR count). The van der Waals surface area contributed by atoms with Crippen molar-refractivity contribution < 1.29 is 9.53 Å². The highest BCUT2D eigenvalue weighted by molar-refractivity contribution is 5.76. The molecule has 1 aromatic heterocycles. The van der Waals surface area contributed by atoms with Gasteiger partial charge >= 0.3 is 6.09 Å². The third-order valence-electron chi connectivity index (χ3n) is 6.49. The Morgan fingerprint density at radius 1 is 1.37 bits per heavy atom. The van der Waals surface area contributed by atoms with Crippen molar-refractivity contribution in [2.45, 2.75) is 75.7 Å². The highest BCUT2D eigenvalue weighted by Gasteiger charge is 2.42. The largest absolute Gasteiger partial charge is 0.446 e. The molecule has 8 nitrogen and oxygen atoms in total. The van der Waals surface area contributed by atoms with Gasteiger partial charge in [0.2, 0.25) is 0 Å². The Labute approximate surface area is 158 Å². The van der Waals surface area contributed by atoms with Gasteiger partial charge in [0, 0.05) is 12.0 Å². The van der Waals surface area contributed by atoms with Crippen LogP contribution >= 0.6 is 0 Å². The smallest absolute Gasteiger partial charge is 0.407 e. The molecule has 0 bridgehead atoms. The number of carbonyl (C=O) groups is 1. The normalized spacial score (nSPS) is 33.9. The Kier molecular flexibility index (Phi) is 4.13. The first-order chi connectivity index (χ1) is 13.2. The van der Waals surface area contributed by atoms with Gasteiger partial charge in [0.25, 0.3) is 0 Å². The van der Waals surface area contributed by atoms with Gasteiger partial charge in [0.05, 0.1) is 12.3 Å². The Hall–Kier alpha value is -2.38. The molecule has 8 heteroatoms. The highest BCUT2D eigenvalue weighted by atomic mass is 16.6. The molecule has 2 aliphatic carbocycles. The third kappa shape index (κ3) is 2.91. The zero-order chi connectivity index (χ0) is 18.4. The zero-order valence-electron chi connectivity index (χ0n) is 15.5. The number of aliphatic imine (C=N–C) groups is 1. The first-order valence-corrected chi connectivity index (χ1v) is 10.1. The molecule has 0 radical (unpaired) electrons. The summed E-state index contributed by atoms with van der Waals surface area (Å²) in [4.78, 5) is 16.7. The number of fused-ring (bicyclic) bond motifs is 3. The van der Waals surface area contributed by atoms with Gasteiger partial charge in [-0.1, -0.05) is 13.3 Å². The molecule has 1 amide bonds. The number of alkyl carbamates (subject to hydrolysis) is 1. The van der Waals surface area contributed by atoms with Gasteiger partial charge in [-0.15, -0.1) is 10.2 Å². The fraction of sp³-hybridized carbons (Fsp3) is 0.684. The summed E-state index contributed by atoms with van der Waals surface area (Å²) in [7, 11) is 0. The molecule has 2 fully saturated rings. The number of ether oxygens (including phenoxy) is 1. The second-order valence-electron chi connectivity index (χ2n) is 8.07. The van der Waals surface area contributed by atoms with E-state index < -0.39 is 0 Å². The fourth-order valence-electron chi connectivity index (χ4n) is 4.77. The van der Waals surface area contributed by atoms with Crippen molar-refractivity contribution in [3.8, 4) is 0 Å². The molecular formula is C19H26N6O2. The Morgan fingerprint density at radius 3 is 3.04 bits per heavy atom. The minimum Gasteiger partial charge on any atom is -0.446 e. The number of aromatic nitrogens is 3. The zero-order valence-corrected chi connectivity index (χ0v) is 15.5. The SMILES string of the molecule is CC[C@@H]1C[C@H](OC(=O)NC2CCC2)C[C@@H]1c1nnc2n1C1C=CNC1N=C2. The van der Waals surface area contributed by atoms with Crippen molar-refractivity contribution in [3.05, 3.63) is 23.9 Å². The maximum absolute atomic E-state index is 12.2. The van der Waals surface area contributed by atoms with Crippen LogP contribution in [0, 0.1) is 5.92 Å². The summed E-state index contributed by atoms with van der Waals surface area (Å²) in [6, 6.07) is 0.424. The van der Waals surface area contributed by atoms with Crippen LogP contribution in [0.15, 0.2) is 17.3 Å². The van der Waals surface area contributed by atoms with Crippen LogP contribution in [0.4, 0.5) is 4.79 Å². The van der Waals surface area contributed by atoms with E-state index >= 15 is 0 Å². The van der Waals surface area contributed by atoms with E-state index in [0.717, 1.165) is 43.8 Å². The van der Waals surface area contributed by atoms with Crippen molar-refractivity contribution in [3.63, 3.8) is 0 Å². The monoisotopic (exact) mass is 370 g/mol. The lowest BCUT2D eigenvalue weighted by molar-refractivity contribution is 0.0913. The molecule has 27 heavy (non-hydrogen) atoms. The van der Waals surface area contributed by atoms with Crippen LogP contribution in [0.3, 0.4) is 0 Å². The van der Waals surface area contributed by atoms with E-state index in [9.17, 15) is 4.79 Å². The molecule has 3 heterocycles. The molecule has 0 spiro atoms. The average Bonchev–Trinajstić information content (AvgIpc) is 3.34. The van der Waals surface area contributed by atoms with E-state index in [2.05, 4.69) is 43.4 Å². The van der Waals surface area contributed by atoms with Crippen molar-refractivity contribution >= 4 is 12.3 Å². The predicted octanol–water partition coefficient (Wildman–Crippen LogP) is 2.25. The lowest BCUT2D eigenvalue weighted by atomic mass is 9.92. The van der Waals surface area contributed by atoms with E-state index in [0.29, 0.717) is 12.0 Å². The Morgan fingerprint density at radius 2 is 2.26 bits per heavy atom. The topological polar surface area (TPSA) is 93.4 Å². The molecular weight excluding hydrogens is 344 g/mol.